The summed E-state index contributed by atoms with van der Waals surface area (Å²) >= 11 is 14.3. The van der Waals surface area contributed by atoms with E-state index in [9.17, 15) is 0 Å². The summed E-state index contributed by atoms with van der Waals surface area (Å²) in [6.45, 7) is 0. The van der Waals surface area contributed by atoms with Crippen molar-refractivity contribution >= 4 is 68.2 Å². The summed E-state index contributed by atoms with van der Waals surface area (Å²) in [5, 5.41) is 4.05. The first kappa shape index (κ1) is 9.12. The zero-order valence-corrected chi connectivity index (χ0v) is 10.5. The van der Waals surface area contributed by atoms with E-state index in [2.05, 4.69) is 46.7 Å². The van der Waals surface area contributed by atoms with Crippen LogP contribution >= 0.6 is 58.2 Å². The Kier molecular flexibility index (Phi) is 2.56. The van der Waals surface area contributed by atoms with Gasteiger partial charge in [-0.15, -0.1) is 24.0 Å². The zero-order chi connectivity index (χ0) is 8.72. The van der Waals surface area contributed by atoms with Gasteiger partial charge in [0.15, 0.2) is 0 Å². The van der Waals surface area contributed by atoms with Crippen LogP contribution in [0.15, 0.2) is 22.4 Å². The second-order valence-electron chi connectivity index (χ2n) is 2.36. The summed E-state index contributed by atoms with van der Waals surface area (Å²) in [5.74, 6) is 0. The fourth-order valence-electron chi connectivity index (χ4n) is 1.03. The summed E-state index contributed by atoms with van der Waals surface area (Å²) in [4.78, 5) is 0.857. The fraction of sp³-hybridized carbons (Fsp3) is 0. The topological polar surface area (TPSA) is 0 Å². The van der Waals surface area contributed by atoms with E-state index in [0.717, 1.165) is 13.5 Å². The van der Waals surface area contributed by atoms with E-state index >= 15 is 0 Å². The van der Waals surface area contributed by atoms with Crippen molar-refractivity contribution in [2.24, 2.45) is 0 Å². The van der Waals surface area contributed by atoms with Crippen LogP contribution in [0.1, 0.15) is 0 Å². The molecule has 0 fully saturated rings. The molecular weight excluding hydrogens is 323 g/mol. The molecule has 2 rings (SSSR count). The fourth-order valence-corrected chi connectivity index (χ4v) is 3.51. The highest BCUT2D eigenvalue weighted by Crippen LogP contribution is 2.35. The van der Waals surface area contributed by atoms with Crippen molar-refractivity contribution in [3.63, 3.8) is 0 Å². The molecule has 0 spiro atoms. The van der Waals surface area contributed by atoms with Crippen LogP contribution < -0.4 is 0 Å². The number of rotatable bonds is 0. The minimum Gasteiger partial charge on any atom is -0.144 e. The van der Waals surface area contributed by atoms with Gasteiger partial charge in [0.2, 0.25) is 0 Å². The van der Waals surface area contributed by atoms with E-state index in [4.69, 9.17) is 11.6 Å². The first-order chi connectivity index (χ1) is 5.70. The molecule has 0 amide bonds. The molecule has 0 aliphatic heterocycles. The van der Waals surface area contributed by atoms with Gasteiger partial charge >= 0.3 is 0 Å². The molecule has 0 saturated carbocycles. The van der Waals surface area contributed by atoms with Gasteiger partial charge in [0, 0.05) is 18.6 Å². The normalized spacial score (nSPS) is 10.9. The molecule has 1 aromatic heterocycles. The maximum atomic E-state index is 6.03. The predicted octanol–water partition coefficient (Wildman–Crippen LogP) is 4.45. The van der Waals surface area contributed by atoms with Crippen molar-refractivity contribution < 1.29 is 0 Å². The molecule has 12 heavy (non-hydrogen) atoms. The molecule has 0 nitrogen and oxygen atoms in total. The van der Waals surface area contributed by atoms with E-state index in [1.165, 1.54) is 10.1 Å². The Morgan fingerprint density at radius 2 is 2.25 bits per heavy atom. The third-order valence-corrected chi connectivity index (χ3v) is 4.80. The van der Waals surface area contributed by atoms with Crippen LogP contribution in [-0.4, -0.2) is 0 Å². The van der Waals surface area contributed by atoms with Crippen molar-refractivity contribution in [3.05, 3.63) is 26.1 Å². The van der Waals surface area contributed by atoms with Crippen LogP contribution in [0, 0.1) is 3.57 Å². The number of halogens is 2. The van der Waals surface area contributed by atoms with Crippen molar-refractivity contribution in [2.45, 2.75) is 4.90 Å². The summed E-state index contributed by atoms with van der Waals surface area (Å²) in [5.41, 5.74) is 0. The van der Waals surface area contributed by atoms with Gasteiger partial charge < -0.3 is 0 Å². The van der Waals surface area contributed by atoms with Gasteiger partial charge in [0.25, 0.3) is 0 Å². The maximum Gasteiger partial charge on any atom is 0.0679 e. The number of hydrogen-bond donors (Lipinski definition) is 1. The van der Waals surface area contributed by atoms with E-state index < -0.39 is 0 Å². The summed E-state index contributed by atoms with van der Waals surface area (Å²) < 4.78 is 2.34. The quantitative estimate of drug-likeness (QED) is 0.537. The van der Waals surface area contributed by atoms with Gasteiger partial charge in [0.1, 0.15) is 0 Å². The van der Waals surface area contributed by atoms with E-state index in [1.54, 1.807) is 11.3 Å². The van der Waals surface area contributed by atoms with Crippen LogP contribution in [0.25, 0.3) is 10.1 Å². The molecule has 4 heteroatoms. The summed E-state index contributed by atoms with van der Waals surface area (Å²) in [7, 11) is 0. The Hall–Kier alpha value is 0.550. The second kappa shape index (κ2) is 3.36. The lowest BCUT2D eigenvalue weighted by Crippen LogP contribution is -1.77. The standard InChI is InChI=1S/C8H4ClIS2/c9-7-5(11)3-6-4(8(7)10)1-2-12-6/h1-3,11H. The molecule has 0 radical (unpaired) electrons. The van der Waals surface area contributed by atoms with Gasteiger partial charge in [-0.3, -0.25) is 0 Å². The molecular formula is C8H4ClIS2. The minimum atomic E-state index is 0.754. The Balaban J connectivity index is 2.94. The van der Waals surface area contributed by atoms with Crippen LogP contribution in [-0.2, 0) is 0 Å². The summed E-state index contributed by atoms with van der Waals surface area (Å²) in [6, 6.07) is 4.09. The molecule has 2 aromatic rings. The van der Waals surface area contributed by atoms with Gasteiger partial charge in [-0.25, -0.2) is 0 Å². The highest BCUT2D eigenvalue weighted by Gasteiger charge is 2.07. The molecule has 1 aromatic carbocycles. The van der Waals surface area contributed by atoms with Gasteiger partial charge in [-0.05, 0) is 40.1 Å². The van der Waals surface area contributed by atoms with Gasteiger partial charge in [-0.1, -0.05) is 11.6 Å². The largest absolute Gasteiger partial charge is 0.144 e. The van der Waals surface area contributed by atoms with Crippen molar-refractivity contribution in [2.75, 3.05) is 0 Å². The van der Waals surface area contributed by atoms with E-state index in [0.29, 0.717) is 0 Å². The average molecular weight is 327 g/mol. The van der Waals surface area contributed by atoms with E-state index in [-0.39, 0.29) is 0 Å². The first-order valence-corrected chi connectivity index (χ1v) is 6.02. The van der Waals surface area contributed by atoms with Gasteiger partial charge in [0.05, 0.1) is 5.02 Å². The van der Waals surface area contributed by atoms with Crippen LogP contribution in [0.3, 0.4) is 0 Å². The van der Waals surface area contributed by atoms with E-state index in [1.807, 2.05) is 6.07 Å². The molecule has 0 aliphatic carbocycles. The molecule has 0 N–H and O–H groups in total. The molecule has 0 bridgehead atoms. The third-order valence-electron chi connectivity index (χ3n) is 1.62. The maximum absolute atomic E-state index is 6.03. The predicted molar refractivity (Wildman–Crippen MR) is 66.8 cm³/mol. The highest BCUT2D eigenvalue weighted by molar-refractivity contribution is 14.1. The molecule has 0 aliphatic rings. The molecule has 0 atom stereocenters. The monoisotopic (exact) mass is 326 g/mol. The SMILES string of the molecule is Sc1cc2sccc2c(I)c1Cl. The van der Waals surface area contributed by atoms with Crippen molar-refractivity contribution in [1.29, 1.82) is 0 Å². The molecule has 0 unspecified atom stereocenters. The third kappa shape index (κ3) is 1.36. The zero-order valence-electron chi connectivity index (χ0n) is 5.84. The lowest BCUT2D eigenvalue weighted by atomic mass is 10.3. The number of fused-ring (bicyclic) bond motifs is 1. The van der Waals surface area contributed by atoms with Crippen LogP contribution in [0.5, 0.6) is 0 Å². The molecule has 1 heterocycles. The Labute approximate surface area is 98.5 Å². The lowest BCUT2D eigenvalue weighted by Gasteiger charge is -2.00. The number of benzene rings is 1. The Morgan fingerprint density at radius 1 is 1.50 bits per heavy atom. The average Bonchev–Trinajstić information content (AvgIpc) is 2.48. The Morgan fingerprint density at radius 3 is 3.00 bits per heavy atom. The van der Waals surface area contributed by atoms with Crippen LogP contribution in [0.4, 0.5) is 0 Å². The van der Waals surface area contributed by atoms with Gasteiger partial charge in [-0.2, -0.15) is 0 Å². The summed E-state index contributed by atoms with van der Waals surface area (Å²) in [6.07, 6.45) is 0. The number of hydrogen-bond acceptors (Lipinski definition) is 2. The Bertz CT molecular complexity index is 436. The highest BCUT2D eigenvalue weighted by atomic mass is 127. The number of thiophene rings is 1. The molecule has 62 valence electrons. The first-order valence-electron chi connectivity index (χ1n) is 3.24. The molecule has 0 saturated heterocycles. The van der Waals surface area contributed by atoms with Crippen molar-refractivity contribution in [3.8, 4) is 0 Å². The van der Waals surface area contributed by atoms with Crippen LogP contribution in [0.2, 0.25) is 5.02 Å². The van der Waals surface area contributed by atoms with Crippen molar-refractivity contribution in [1.82, 2.24) is 0 Å². The smallest absolute Gasteiger partial charge is 0.0679 e. The number of thiol groups is 1. The minimum absolute atomic E-state index is 0.754. The lowest BCUT2D eigenvalue weighted by molar-refractivity contribution is 1.51. The second-order valence-corrected chi connectivity index (χ2v) is 5.24.